The van der Waals surface area contributed by atoms with E-state index in [9.17, 15) is 19.8 Å². The molecule has 0 aliphatic heterocycles. The second kappa shape index (κ2) is 9.67. The number of phenolic OH excluding ortho intramolecular Hbond substituents is 2. The summed E-state index contributed by atoms with van der Waals surface area (Å²) in [6, 6.07) is 10.5. The number of nitrogen functional groups attached to an aromatic ring is 2. The fraction of sp³-hybridized carbons (Fsp3) is 0.115. The van der Waals surface area contributed by atoms with E-state index in [1.54, 1.807) is 31.4 Å². The van der Waals surface area contributed by atoms with Crippen molar-refractivity contribution in [3.05, 3.63) is 71.0 Å². The van der Waals surface area contributed by atoms with E-state index < -0.39 is 23.1 Å². The number of fused-ring (bicyclic) bond motifs is 2. The molecule has 0 saturated carbocycles. The molecule has 7 N–H and O–H groups in total. The topological polar surface area (TPSA) is 196 Å². The summed E-state index contributed by atoms with van der Waals surface area (Å²) < 4.78 is 10.7. The Morgan fingerprint density at radius 2 is 1.61 bits per heavy atom. The lowest BCUT2D eigenvalue weighted by Gasteiger charge is -2.23. The lowest BCUT2D eigenvalue weighted by atomic mass is 9.80. The second-order valence-electron chi connectivity index (χ2n) is 8.33. The van der Waals surface area contributed by atoms with Crippen LogP contribution in [0.4, 0.5) is 17.3 Å². The minimum absolute atomic E-state index is 0.00191. The van der Waals surface area contributed by atoms with Crippen molar-refractivity contribution in [1.29, 1.82) is 0 Å². The number of rotatable bonds is 7. The van der Waals surface area contributed by atoms with Crippen LogP contribution in [0.25, 0.3) is 11.1 Å². The number of benzene rings is 3. The number of carbonyl (C=O) groups excluding carboxylic acids is 2. The number of ether oxygens (including phenoxy) is 2. The summed E-state index contributed by atoms with van der Waals surface area (Å²) in [6.45, 7) is 0.987. The predicted molar refractivity (Wildman–Crippen MR) is 138 cm³/mol. The van der Waals surface area contributed by atoms with Gasteiger partial charge in [-0.05, 0) is 35.9 Å². The lowest BCUT2D eigenvalue weighted by Crippen LogP contribution is -2.24. The van der Waals surface area contributed by atoms with Gasteiger partial charge in [-0.15, -0.1) is 0 Å². The Kier molecular flexibility index (Phi) is 6.23. The van der Waals surface area contributed by atoms with Crippen LogP contribution in [0.2, 0.25) is 0 Å². The van der Waals surface area contributed by atoms with Crippen LogP contribution in [0.3, 0.4) is 0 Å². The third kappa shape index (κ3) is 4.18. The molecule has 192 valence electrons. The molecule has 1 heterocycles. The van der Waals surface area contributed by atoms with Crippen molar-refractivity contribution in [2.45, 2.75) is 0 Å². The van der Waals surface area contributed by atoms with E-state index in [0.717, 1.165) is 0 Å². The molecule has 3 aromatic carbocycles. The SMILES string of the molecule is COCCNc1ncnc(Oc2ccc(-c3cc(N)c4c(c3O)C(=O)c3c(N)ccc(O)c3C4=O)cc2)n1. The van der Waals surface area contributed by atoms with Gasteiger partial charge in [0, 0.05) is 30.6 Å². The first-order chi connectivity index (χ1) is 18.3. The van der Waals surface area contributed by atoms with Crippen LogP contribution < -0.4 is 21.5 Å². The maximum atomic E-state index is 13.3. The molecule has 0 fully saturated rings. The lowest BCUT2D eigenvalue weighted by molar-refractivity contribution is 0.0975. The third-order valence-corrected chi connectivity index (χ3v) is 5.97. The number of aromatic hydroxyl groups is 2. The van der Waals surface area contributed by atoms with Gasteiger partial charge in [-0.2, -0.15) is 9.97 Å². The summed E-state index contributed by atoms with van der Waals surface area (Å²) in [7, 11) is 1.59. The zero-order valence-corrected chi connectivity index (χ0v) is 20.1. The Morgan fingerprint density at radius 1 is 0.895 bits per heavy atom. The Morgan fingerprint density at radius 3 is 2.34 bits per heavy atom. The molecule has 1 aromatic heterocycles. The minimum Gasteiger partial charge on any atom is -0.507 e. The van der Waals surface area contributed by atoms with Gasteiger partial charge in [0.05, 0.1) is 28.9 Å². The predicted octanol–water partition coefficient (Wildman–Crippen LogP) is 2.74. The summed E-state index contributed by atoms with van der Waals surface area (Å²) in [5, 5.41) is 24.3. The summed E-state index contributed by atoms with van der Waals surface area (Å²) in [6.07, 6.45) is 1.31. The minimum atomic E-state index is -0.709. The Bertz CT molecular complexity index is 1590. The molecule has 12 heteroatoms. The quantitative estimate of drug-likeness (QED) is 0.121. The van der Waals surface area contributed by atoms with Gasteiger partial charge < -0.3 is 36.5 Å². The fourth-order valence-corrected chi connectivity index (χ4v) is 4.20. The standard InChI is InChI=1S/C26H22N6O6/c1-37-9-8-29-25-30-11-31-26(32-25)38-13-4-2-12(3-5-13)14-10-16(28)19-21(22(14)34)24(36)18-15(27)6-7-17(33)20(18)23(19)35/h2-7,10-11,33-34H,8-9,27-28H2,1H3,(H,29,30,31,32). The molecule has 38 heavy (non-hydrogen) atoms. The van der Waals surface area contributed by atoms with Crippen molar-refractivity contribution in [2.75, 3.05) is 37.0 Å². The normalized spacial score (nSPS) is 12.1. The highest BCUT2D eigenvalue weighted by atomic mass is 16.5. The summed E-state index contributed by atoms with van der Waals surface area (Å²) in [4.78, 5) is 38.7. The first-order valence-electron chi connectivity index (χ1n) is 11.4. The summed E-state index contributed by atoms with van der Waals surface area (Å²) in [5.74, 6) is -1.51. The van der Waals surface area contributed by atoms with Crippen molar-refractivity contribution >= 4 is 28.9 Å². The van der Waals surface area contributed by atoms with Crippen molar-refractivity contribution in [1.82, 2.24) is 15.0 Å². The van der Waals surface area contributed by atoms with Crippen molar-refractivity contribution in [3.63, 3.8) is 0 Å². The van der Waals surface area contributed by atoms with Crippen LogP contribution in [0, 0.1) is 0 Å². The molecule has 1 aliphatic carbocycles. The number of nitrogens with two attached hydrogens (primary N) is 2. The zero-order chi connectivity index (χ0) is 27.0. The van der Waals surface area contributed by atoms with E-state index >= 15 is 0 Å². The van der Waals surface area contributed by atoms with Crippen molar-refractivity contribution < 1.29 is 29.3 Å². The number of methoxy groups -OCH3 is 1. The number of carbonyl (C=O) groups is 2. The molecule has 0 radical (unpaired) electrons. The Balaban J connectivity index is 1.46. The number of phenols is 2. The van der Waals surface area contributed by atoms with Crippen LogP contribution in [0.5, 0.6) is 23.3 Å². The molecule has 0 spiro atoms. The number of nitrogens with zero attached hydrogens (tertiary/aromatic N) is 3. The maximum Gasteiger partial charge on any atom is 0.326 e. The fourth-order valence-electron chi connectivity index (χ4n) is 4.20. The van der Waals surface area contributed by atoms with Crippen molar-refractivity contribution in [2.24, 2.45) is 0 Å². The summed E-state index contributed by atoms with van der Waals surface area (Å²) in [5.41, 5.74) is 11.9. The highest BCUT2D eigenvalue weighted by Crippen LogP contribution is 2.45. The van der Waals surface area contributed by atoms with Gasteiger partial charge in [0.15, 0.2) is 0 Å². The van der Waals surface area contributed by atoms with Gasteiger partial charge >= 0.3 is 6.01 Å². The second-order valence-corrected chi connectivity index (χ2v) is 8.33. The number of anilines is 3. The van der Waals surface area contributed by atoms with Crippen LogP contribution in [-0.2, 0) is 4.74 Å². The van der Waals surface area contributed by atoms with E-state index in [1.165, 1.54) is 24.5 Å². The van der Waals surface area contributed by atoms with E-state index in [4.69, 9.17) is 20.9 Å². The number of aromatic nitrogens is 3. The van der Waals surface area contributed by atoms with Gasteiger partial charge in [0.25, 0.3) is 0 Å². The molecule has 12 nitrogen and oxygen atoms in total. The molecule has 5 rings (SSSR count). The van der Waals surface area contributed by atoms with Gasteiger partial charge in [0.1, 0.15) is 23.6 Å². The summed E-state index contributed by atoms with van der Waals surface area (Å²) >= 11 is 0. The third-order valence-electron chi connectivity index (χ3n) is 5.97. The first kappa shape index (κ1) is 24.5. The average molecular weight is 514 g/mol. The van der Waals surface area contributed by atoms with Crippen LogP contribution >= 0.6 is 0 Å². The first-order valence-corrected chi connectivity index (χ1v) is 11.4. The number of ketones is 2. The van der Waals surface area contributed by atoms with Gasteiger partial charge in [-0.1, -0.05) is 12.1 Å². The molecule has 0 bridgehead atoms. The van der Waals surface area contributed by atoms with E-state index in [-0.39, 0.29) is 45.2 Å². The molecule has 4 aromatic rings. The molecule has 1 aliphatic rings. The highest BCUT2D eigenvalue weighted by Gasteiger charge is 2.38. The van der Waals surface area contributed by atoms with Crippen LogP contribution in [-0.4, -0.2) is 57.0 Å². The number of hydrogen-bond acceptors (Lipinski definition) is 12. The van der Waals surface area contributed by atoms with Gasteiger partial charge in [-0.3, -0.25) is 9.59 Å². The average Bonchev–Trinajstić information content (AvgIpc) is 2.90. The van der Waals surface area contributed by atoms with E-state index in [1.807, 2.05) is 0 Å². The number of nitrogens with one attached hydrogen (secondary N) is 1. The molecule has 0 amide bonds. The zero-order valence-electron chi connectivity index (χ0n) is 20.1. The maximum absolute atomic E-state index is 13.3. The monoisotopic (exact) mass is 514 g/mol. The van der Waals surface area contributed by atoms with Crippen LogP contribution in [0.15, 0.2) is 48.8 Å². The number of hydrogen-bond donors (Lipinski definition) is 5. The molecule has 0 atom stereocenters. The van der Waals surface area contributed by atoms with E-state index in [2.05, 4.69) is 20.3 Å². The van der Waals surface area contributed by atoms with Crippen LogP contribution in [0.1, 0.15) is 31.8 Å². The molecular weight excluding hydrogens is 492 g/mol. The Hall–Kier alpha value is -5.23. The Labute approximate surface area is 215 Å². The molecule has 0 saturated heterocycles. The van der Waals surface area contributed by atoms with Gasteiger partial charge in [0.2, 0.25) is 17.5 Å². The molecule has 0 unspecified atom stereocenters. The molecular formula is C26H22N6O6. The smallest absolute Gasteiger partial charge is 0.326 e. The largest absolute Gasteiger partial charge is 0.507 e. The van der Waals surface area contributed by atoms with Crippen molar-refractivity contribution in [3.8, 4) is 34.4 Å². The highest BCUT2D eigenvalue weighted by molar-refractivity contribution is 6.33. The van der Waals surface area contributed by atoms with Gasteiger partial charge in [-0.25, -0.2) is 4.98 Å². The van der Waals surface area contributed by atoms with E-state index in [0.29, 0.717) is 30.4 Å².